The highest BCUT2D eigenvalue weighted by Crippen LogP contribution is 2.39. The highest BCUT2D eigenvalue weighted by molar-refractivity contribution is 7.16. The molecule has 0 unspecified atom stereocenters. The molecule has 4 heterocycles. The Morgan fingerprint density at radius 2 is 1.51 bits per heavy atom. The molecule has 2 aromatic carbocycles. The molecule has 2 amide bonds. The van der Waals surface area contributed by atoms with Gasteiger partial charge in [-0.3, -0.25) is 19.4 Å². The average Bonchev–Trinajstić information content (AvgIpc) is 3.34. The van der Waals surface area contributed by atoms with Crippen LogP contribution < -0.4 is 5.32 Å². The van der Waals surface area contributed by atoms with E-state index in [0.29, 0.717) is 17.7 Å². The van der Waals surface area contributed by atoms with Crippen molar-refractivity contribution in [2.45, 2.75) is 26.2 Å². The van der Waals surface area contributed by atoms with E-state index in [2.05, 4.69) is 40.2 Å². The molecule has 1 fully saturated rings. The lowest BCUT2D eigenvalue weighted by atomic mass is 10.1. The number of nitrogens with zero attached hydrogens (tertiary/aromatic N) is 4. The number of piperazine rings is 1. The van der Waals surface area contributed by atoms with E-state index in [1.807, 2.05) is 24.3 Å². The third-order valence-electron chi connectivity index (χ3n) is 7.38. The Hall–Kier alpha value is -3.49. The van der Waals surface area contributed by atoms with E-state index in [4.69, 9.17) is 4.99 Å². The maximum absolute atomic E-state index is 12.5. The number of aliphatic imine (C=N–C) groups is 1. The van der Waals surface area contributed by atoms with Crippen molar-refractivity contribution in [1.29, 1.82) is 0 Å². The van der Waals surface area contributed by atoms with Crippen LogP contribution in [0, 0.1) is 6.92 Å². The molecule has 0 radical (unpaired) electrons. The van der Waals surface area contributed by atoms with Gasteiger partial charge in [0, 0.05) is 37.6 Å². The number of carbonyl (C=O) groups excluding carboxylic acids is 2. The smallest absolute Gasteiger partial charge is 0.261 e. The number of benzene rings is 2. The molecule has 37 heavy (non-hydrogen) atoms. The van der Waals surface area contributed by atoms with Crippen molar-refractivity contribution in [1.82, 2.24) is 14.7 Å². The van der Waals surface area contributed by atoms with Crippen LogP contribution in [-0.4, -0.2) is 71.6 Å². The fourth-order valence-electron chi connectivity index (χ4n) is 5.40. The number of nitrogens with one attached hydrogen (secondary N) is 1. The lowest BCUT2D eigenvalue weighted by molar-refractivity contribution is 0.0651. The fraction of sp³-hybridized carbons (Fsp3) is 0.345. The van der Waals surface area contributed by atoms with Crippen LogP contribution in [0.1, 0.15) is 50.4 Å². The zero-order valence-corrected chi connectivity index (χ0v) is 21.9. The number of para-hydroxylation sites is 2. The summed E-state index contributed by atoms with van der Waals surface area (Å²) >= 11 is 1.78. The molecule has 0 atom stereocenters. The van der Waals surface area contributed by atoms with Crippen molar-refractivity contribution >= 4 is 45.4 Å². The first kappa shape index (κ1) is 23.9. The summed E-state index contributed by atoms with van der Waals surface area (Å²) in [4.78, 5) is 37.8. The molecule has 0 bridgehead atoms. The third-order valence-corrected chi connectivity index (χ3v) is 8.35. The number of thiophene rings is 1. The van der Waals surface area contributed by atoms with Gasteiger partial charge in [-0.05, 0) is 56.6 Å². The second-order valence-electron chi connectivity index (χ2n) is 9.87. The summed E-state index contributed by atoms with van der Waals surface area (Å²) in [6.45, 7) is 7.59. The van der Waals surface area contributed by atoms with E-state index in [1.54, 1.807) is 23.5 Å². The first-order chi connectivity index (χ1) is 18.1. The van der Waals surface area contributed by atoms with E-state index < -0.39 is 0 Å². The number of imide groups is 1. The second kappa shape index (κ2) is 10.1. The zero-order chi connectivity index (χ0) is 25.4. The Morgan fingerprint density at radius 1 is 0.838 bits per heavy atom. The zero-order valence-electron chi connectivity index (χ0n) is 21.1. The van der Waals surface area contributed by atoms with Crippen LogP contribution in [0.3, 0.4) is 0 Å². The molecule has 3 aliphatic rings. The lowest BCUT2D eigenvalue weighted by Crippen LogP contribution is -2.49. The van der Waals surface area contributed by atoms with Crippen molar-refractivity contribution in [2.75, 3.05) is 44.6 Å². The predicted molar refractivity (Wildman–Crippen MR) is 149 cm³/mol. The molecule has 0 spiro atoms. The van der Waals surface area contributed by atoms with Gasteiger partial charge in [0.2, 0.25) is 0 Å². The minimum atomic E-state index is -0.153. The van der Waals surface area contributed by atoms with Crippen molar-refractivity contribution in [2.24, 2.45) is 4.99 Å². The van der Waals surface area contributed by atoms with Crippen LogP contribution in [-0.2, 0) is 0 Å². The van der Waals surface area contributed by atoms with Crippen LogP contribution in [0.5, 0.6) is 0 Å². The molecule has 0 saturated carbocycles. The van der Waals surface area contributed by atoms with Gasteiger partial charge in [0.15, 0.2) is 0 Å². The summed E-state index contributed by atoms with van der Waals surface area (Å²) < 4.78 is 0. The van der Waals surface area contributed by atoms with Gasteiger partial charge in [-0.1, -0.05) is 30.7 Å². The van der Waals surface area contributed by atoms with Gasteiger partial charge in [-0.25, -0.2) is 4.99 Å². The number of carbonyl (C=O) groups is 2. The Kier molecular flexibility index (Phi) is 6.52. The van der Waals surface area contributed by atoms with Gasteiger partial charge >= 0.3 is 0 Å². The van der Waals surface area contributed by atoms with Crippen LogP contribution in [0.4, 0.5) is 16.4 Å². The third kappa shape index (κ3) is 4.67. The predicted octanol–water partition coefficient (Wildman–Crippen LogP) is 5.28. The Labute approximate surface area is 221 Å². The van der Waals surface area contributed by atoms with Crippen molar-refractivity contribution in [3.8, 4) is 0 Å². The van der Waals surface area contributed by atoms with E-state index in [9.17, 15) is 9.59 Å². The minimum absolute atomic E-state index is 0.153. The summed E-state index contributed by atoms with van der Waals surface area (Å²) in [5, 5.41) is 4.76. The SMILES string of the molecule is Cc1cc2c(s1)Nc1ccccc1N=C2N1CCN(CCCCCN2C(=O)c3ccccc3C2=O)CC1. The first-order valence-electron chi connectivity index (χ1n) is 13.1. The van der Waals surface area contributed by atoms with Gasteiger partial charge in [0.05, 0.1) is 28.1 Å². The van der Waals surface area contributed by atoms with E-state index in [0.717, 1.165) is 69.2 Å². The number of amides is 2. The molecular weight excluding hydrogens is 482 g/mol. The molecule has 8 heteroatoms. The summed E-state index contributed by atoms with van der Waals surface area (Å²) in [5.41, 5.74) is 4.31. The molecule has 1 aromatic heterocycles. The van der Waals surface area contributed by atoms with Crippen LogP contribution in [0.25, 0.3) is 0 Å². The lowest BCUT2D eigenvalue weighted by Gasteiger charge is -2.36. The van der Waals surface area contributed by atoms with Crippen molar-refractivity contribution < 1.29 is 9.59 Å². The summed E-state index contributed by atoms with van der Waals surface area (Å²) in [7, 11) is 0. The van der Waals surface area contributed by atoms with Gasteiger partial charge in [-0.2, -0.15) is 0 Å². The standard InChI is InChI=1S/C29H31N5O2S/c1-20-19-23-26(30-24-11-5-6-12-25(24)31-27(23)37-20)33-17-15-32(16-18-33)13-7-2-8-14-34-28(35)21-9-3-4-10-22(21)29(34)36/h3-6,9-12,19,31H,2,7-8,13-18H2,1H3. The van der Waals surface area contributed by atoms with Crippen molar-refractivity contribution in [3.63, 3.8) is 0 Å². The minimum Gasteiger partial charge on any atom is -0.353 e. The largest absolute Gasteiger partial charge is 0.353 e. The number of hydrogen-bond donors (Lipinski definition) is 1. The van der Waals surface area contributed by atoms with Crippen LogP contribution >= 0.6 is 11.3 Å². The molecule has 0 aliphatic carbocycles. The normalized spacial score (nSPS) is 17.2. The van der Waals surface area contributed by atoms with Gasteiger partial charge in [-0.15, -0.1) is 11.3 Å². The number of aryl methyl sites for hydroxylation is 1. The Balaban J connectivity index is 1.00. The molecule has 3 aromatic rings. The number of anilines is 2. The second-order valence-corrected chi connectivity index (χ2v) is 11.1. The topological polar surface area (TPSA) is 68.2 Å². The van der Waals surface area contributed by atoms with Crippen LogP contribution in [0.2, 0.25) is 0 Å². The van der Waals surface area contributed by atoms with Gasteiger partial charge in [0.25, 0.3) is 11.8 Å². The maximum Gasteiger partial charge on any atom is 0.261 e. The van der Waals surface area contributed by atoms with Crippen LogP contribution in [0.15, 0.2) is 59.6 Å². The number of fused-ring (bicyclic) bond motifs is 3. The fourth-order valence-corrected chi connectivity index (χ4v) is 6.32. The van der Waals surface area contributed by atoms with Crippen molar-refractivity contribution in [3.05, 3.63) is 76.2 Å². The molecular formula is C29H31N5O2S. The average molecular weight is 514 g/mol. The van der Waals surface area contributed by atoms with E-state index >= 15 is 0 Å². The monoisotopic (exact) mass is 513 g/mol. The van der Waals surface area contributed by atoms with Gasteiger partial charge in [0.1, 0.15) is 10.8 Å². The number of unbranched alkanes of at least 4 members (excludes halogenated alkanes) is 2. The summed E-state index contributed by atoms with van der Waals surface area (Å²) in [6.07, 6.45) is 2.91. The molecule has 1 saturated heterocycles. The number of rotatable bonds is 6. The number of amidine groups is 1. The highest BCUT2D eigenvalue weighted by atomic mass is 32.1. The highest BCUT2D eigenvalue weighted by Gasteiger charge is 2.34. The molecule has 7 nitrogen and oxygen atoms in total. The quantitative estimate of drug-likeness (QED) is 0.359. The molecule has 6 rings (SSSR count). The Morgan fingerprint density at radius 3 is 2.27 bits per heavy atom. The molecule has 190 valence electrons. The Bertz CT molecular complexity index is 1340. The maximum atomic E-state index is 12.5. The summed E-state index contributed by atoms with van der Waals surface area (Å²) in [5.74, 6) is 0.761. The van der Waals surface area contributed by atoms with E-state index in [1.165, 1.54) is 20.3 Å². The molecule has 1 N–H and O–H groups in total. The summed E-state index contributed by atoms with van der Waals surface area (Å²) in [6, 6.07) is 17.6. The number of hydrogen-bond acceptors (Lipinski definition) is 7. The first-order valence-corrected chi connectivity index (χ1v) is 13.9. The van der Waals surface area contributed by atoms with Gasteiger partial charge < -0.3 is 10.2 Å². The molecule has 3 aliphatic heterocycles. The van der Waals surface area contributed by atoms with E-state index in [-0.39, 0.29) is 11.8 Å².